The summed E-state index contributed by atoms with van der Waals surface area (Å²) in [6.45, 7) is 0. The Morgan fingerprint density at radius 3 is 2.92 bits per heavy atom. The van der Waals surface area contributed by atoms with Gasteiger partial charge in [0.05, 0.1) is 18.9 Å². The molecule has 0 aliphatic carbocycles. The lowest BCUT2D eigenvalue weighted by molar-refractivity contribution is -0.110. The molecule has 0 unspecified atom stereocenters. The molecule has 6 heteroatoms. The fraction of sp³-hybridized carbons (Fsp3) is 0.0526. The molecule has 1 aliphatic rings. The van der Waals surface area contributed by atoms with Gasteiger partial charge in [-0.25, -0.2) is 4.98 Å². The van der Waals surface area contributed by atoms with Crippen molar-refractivity contribution in [2.75, 3.05) is 12.4 Å². The molecule has 124 valence electrons. The Bertz CT molecular complexity index is 991. The first-order valence-corrected chi connectivity index (χ1v) is 7.60. The molecule has 0 radical (unpaired) electrons. The molecule has 1 amide bonds. The van der Waals surface area contributed by atoms with Crippen molar-refractivity contribution >= 4 is 23.4 Å². The highest BCUT2D eigenvalue weighted by molar-refractivity contribution is 6.34. The predicted molar refractivity (Wildman–Crippen MR) is 93.1 cm³/mol. The van der Waals surface area contributed by atoms with Crippen LogP contribution >= 0.6 is 0 Å². The second-order valence-corrected chi connectivity index (χ2v) is 5.54. The zero-order chi connectivity index (χ0) is 17.4. The van der Waals surface area contributed by atoms with E-state index in [1.54, 1.807) is 36.7 Å². The number of aromatic nitrogens is 1. The van der Waals surface area contributed by atoms with Gasteiger partial charge in [-0.2, -0.15) is 0 Å². The number of phenolic OH excluding ortho intramolecular Hbond substituents is 1. The highest BCUT2D eigenvalue weighted by Gasteiger charge is 2.26. The number of carbonyl (C=O) groups is 1. The van der Waals surface area contributed by atoms with Crippen molar-refractivity contribution in [3.8, 4) is 22.8 Å². The molecular formula is C19H14N2O4. The first-order chi connectivity index (χ1) is 12.2. The lowest BCUT2D eigenvalue weighted by Gasteiger charge is -2.06. The fourth-order valence-electron chi connectivity index (χ4n) is 2.76. The second-order valence-electron chi connectivity index (χ2n) is 5.54. The second kappa shape index (κ2) is 5.83. The molecule has 0 spiro atoms. The molecule has 25 heavy (non-hydrogen) atoms. The number of anilines is 1. The summed E-state index contributed by atoms with van der Waals surface area (Å²) in [6, 6.07) is 10.2. The molecule has 0 bridgehead atoms. The maximum atomic E-state index is 12.4. The van der Waals surface area contributed by atoms with E-state index in [1.807, 2.05) is 12.1 Å². The van der Waals surface area contributed by atoms with Gasteiger partial charge in [0.2, 0.25) is 0 Å². The number of amides is 1. The summed E-state index contributed by atoms with van der Waals surface area (Å²) >= 11 is 0. The van der Waals surface area contributed by atoms with Gasteiger partial charge in [0.25, 0.3) is 5.91 Å². The highest BCUT2D eigenvalue weighted by atomic mass is 16.5. The highest BCUT2D eigenvalue weighted by Crippen LogP contribution is 2.36. The van der Waals surface area contributed by atoms with Gasteiger partial charge in [-0.3, -0.25) is 4.79 Å². The smallest absolute Gasteiger partial charge is 0.257 e. The summed E-state index contributed by atoms with van der Waals surface area (Å²) < 4.78 is 10.7. The molecular weight excluding hydrogens is 320 g/mol. The summed E-state index contributed by atoms with van der Waals surface area (Å²) in [5, 5.41) is 12.3. The quantitative estimate of drug-likeness (QED) is 0.716. The molecule has 3 aromatic rings. The number of phenols is 1. The van der Waals surface area contributed by atoms with Crippen molar-refractivity contribution in [3.05, 3.63) is 60.0 Å². The number of hydrogen-bond acceptors (Lipinski definition) is 5. The maximum absolute atomic E-state index is 12.4. The number of nitrogens with one attached hydrogen (secondary N) is 1. The maximum Gasteiger partial charge on any atom is 0.257 e. The summed E-state index contributed by atoms with van der Waals surface area (Å²) in [7, 11) is 1.51. The van der Waals surface area contributed by atoms with E-state index in [1.165, 1.54) is 13.2 Å². The number of hydrogen-bond donors (Lipinski definition) is 2. The molecule has 3 heterocycles. The minimum absolute atomic E-state index is 0.0945. The van der Waals surface area contributed by atoms with Gasteiger partial charge in [-0.1, -0.05) is 0 Å². The third kappa shape index (κ3) is 2.63. The summed E-state index contributed by atoms with van der Waals surface area (Å²) in [4.78, 5) is 16.7. The normalized spacial score (nSPS) is 14.4. The van der Waals surface area contributed by atoms with Crippen molar-refractivity contribution < 1.29 is 19.1 Å². The molecule has 6 nitrogen and oxygen atoms in total. The number of carbonyl (C=O) groups excluding carboxylic acids is 1. The van der Waals surface area contributed by atoms with Crippen LogP contribution in [-0.4, -0.2) is 23.1 Å². The number of furan rings is 1. The SMILES string of the molecule is COc1cc(O)ccc1/C=C1/C(=O)Nc2ncc(-c3ccco3)cc21. The van der Waals surface area contributed by atoms with E-state index in [4.69, 9.17) is 9.15 Å². The minimum atomic E-state index is -0.241. The van der Waals surface area contributed by atoms with Gasteiger partial charge in [0.15, 0.2) is 0 Å². The topological polar surface area (TPSA) is 84.6 Å². The average molecular weight is 334 g/mol. The van der Waals surface area contributed by atoms with Crippen LogP contribution in [0.15, 0.2) is 53.3 Å². The minimum Gasteiger partial charge on any atom is -0.508 e. The van der Waals surface area contributed by atoms with E-state index >= 15 is 0 Å². The Hall–Kier alpha value is -3.54. The summed E-state index contributed by atoms with van der Waals surface area (Å²) in [5.74, 6) is 1.51. The van der Waals surface area contributed by atoms with Crippen molar-refractivity contribution in [1.82, 2.24) is 4.98 Å². The molecule has 0 atom stereocenters. The van der Waals surface area contributed by atoms with Gasteiger partial charge < -0.3 is 19.6 Å². The number of rotatable bonds is 3. The van der Waals surface area contributed by atoms with Gasteiger partial charge >= 0.3 is 0 Å². The first-order valence-electron chi connectivity index (χ1n) is 7.60. The molecule has 2 N–H and O–H groups in total. The number of fused-ring (bicyclic) bond motifs is 1. The number of methoxy groups -OCH3 is 1. The van der Waals surface area contributed by atoms with Crippen LogP contribution in [0, 0.1) is 0 Å². The number of benzene rings is 1. The van der Waals surface area contributed by atoms with Crippen LogP contribution < -0.4 is 10.1 Å². The number of pyridine rings is 1. The van der Waals surface area contributed by atoms with Crippen LogP contribution in [0.5, 0.6) is 11.5 Å². The van der Waals surface area contributed by atoms with Crippen molar-refractivity contribution in [2.45, 2.75) is 0 Å². The molecule has 0 saturated heterocycles. The Labute approximate surface area is 143 Å². The van der Waals surface area contributed by atoms with Gasteiger partial charge in [-0.05, 0) is 36.4 Å². The van der Waals surface area contributed by atoms with Crippen molar-refractivity contribution in [3.63, 3.8) is 0 Å². The van der Waals surface area contributed by atoms with E-state index < -0.39 is 0 Å². The lowest BCUT2D eigenvalue weighted by Crippen LogP contribution is -2.04. The van der Waals surface area contributed by atoms with Crippen LogP contribution in [0.25, 0.3) is 23.0 Å². The van der Waals surface area contributed by atoms with E-state index in [2.05, 4.69) is 10.3 Å². The molecule has 4 rings (SSSR count). The Morgan fingerprint density at radius 2 is 2.16 bits per heavy atom. The van der Waals surface area contributed by atoms with E-state index in [9.17, 15) is 9.90 Å². The lowest BCUT2D eigenvalue weighted by atomic mass is 10.0. The largest absolute Gasteiger partial charge is 0.508 e. The molecule has 0 fully saturated rings. The van der Waals surface area contributed by atoms with E-state index in [0.29, 0.717) is 34.0 Å². The molecule has 0 saturated carbocycles. The van der Waals surface area contributed by atoms with Crippen LogP contribution in [0.4, 0.5) is 5.82 Å². The van der Waals surface area contributed by atoms with Crippen LogP contribution in [0.1, 0.15) is 11.1 Å². The number of aromatic hydroxyl groups is 1. The van der Waals surface area contributed by atoms with Gasteiger partial charge in [0, 0.05) is 29.0 Å². The molecule has 2 aromatic heterocycles. The number of nitrogens with zero attached hydrogens (tertiary/aromatic N) is 1. The first kappa shape index (κ1) is 15.0. The predicted octanol–water partition coefficient (Wildman–Crippen LogP) is 3.55. The van der Waals surface area contributed by atoms with Gasteiger partial charge in [0.1, 0.15) is 23.1 Å². The Morgan fingerprint density at radius 1 is 1.28 bits per heavy atom. The van der Waals surface area contributed by atoms with Crippen LogP contribution in [0.2, 0.25) is 0 Å². The summed E-state index contributed by atoms with van der Waals surface area (Å²) in [5.41, 5.74) is 2.62. The third-order valence-corrected chi connectivity index (χ3v) is 3.98. The van der Waals surface area contributed by atoms with Crippen LogP contribution in [-0.2, 0) is 4.79 Å². The fourth-order valence-corrected chi connectivity index (χ4v) is 2.76. The van der Waals surface area contributed by atoms with E-state index in [0.717, 1.165) is 5.56 Å². The van der Waals surface area contributed by atoms with Crippen LogP contribution in [0.3, 0.4) is 0 Å². The van der Waals surface area contributed by atoms with E-state index in [-0.39, 0.29) is 11.7 Å². The molecule has 1 aromatic carbocycles. The Kier molecular flexibility index (Phi) is 3.50. The number of ether oxygens (including phenoxy) is 1. The van der Waals surface area contributed by atoms with Crippen molar-refractivity contribution in [2.24, 2.45) is 0 Å². The zero-order valence-electron chi connectivity index (χ0n) is 13.3. The van der Waals surface area contributed by atoms with Gasteiger partial charge in [-0.15, -0.1) is 0 Å². The summed E-state index contributed by atoms with van der Waals surface area (Å²) in [6.07, 6.45) is 4.96. The zero-order valence-corrected chi connectivity index (χ0v) is 13.3. The molecule has 1 aliphatic heterocycles. The Balaban J connectivity index is 1.83. The third-order valence-electron chi connectivity index (χ3n) is 3.98. The average Bonchev–Trinajstić information content (AvgIpc) is 3.24. The van der Waals surface area contributed by atoms with Crippen molar-refractivity contribution in [1.29, 1.82) is 0 Å². The standard InChI is InChI=1S/C19H14N2O4/c1-24-17-9-13(22)5-4-11(17)7-15-14-8-12(16-3-2-6-25-16)10-20-18(14)21-19(15)23/h2-10,22H,1H3,(H,20,21,23)/b15-7+. The monoisotopic (exact) mass is 334 g/mol.